The third-order valence-electron chi connectivity index (χ3n) is 11.1. The van der Waals surface area contributed by atoms with Gasteiger partial charge in [-0.25, -0.2) is 4.79 Å². The second kappa shape index (κ2) is 14.5. The zero-order valence-electron chi connectivity index (χ0n) is 28.3. The van der Waals surface area contributed by atoms with Gasteiger partial charge in [0.25, 0.3) is 10.1 Å². The standard InChI is InChI=1S/C38H47ClN2O7S/c1-25(24-48-34-12-17-40-33-9-3-6-26(2)35(33)34)20-28-21-27-10-11-31(47-18-5-19-49(44,45)46)23-32(27)37(28)13-15-38(16-14-37,36(42)43)41-30-8-4-7-29(39)22-30/h4,7-8,10-12,17,22-23,25-26,28,41H,3,5-6,9,13-16,18-21,24H2,1-2H3,(H,42,43)(H,44,45,46)/t25-,26-,28?,37?,38?/m1/s1. The molecule has 3 aliphatic rings. The van der Waals surface area contributed by atoms with E-state index >= 15 is 0 Å². The molecule has 3 aromatic rings. The van der Waals surface area contributed by atoms with Gasteiger partial charge in [-0.2, -0.15) is 8.42 Å². The minimum Gasteiger partial charge on any atom is -0.494 e. The predicted molar refractivity (Wildman–Crippen MR) is 191 cm³/mol. The second-order valence-corrected chi connectivity index (χ2v) is 16.5. The summed E-state index contributed by atoms with van der Waals surface area (Å²) in [5.74, 6) is 1.32. The number of carbonyl (C=O) groups is 1. The number of pyridine rings is 1. The minimum absolute atomic E-state index is 0.159. The van der Waals surface area contributed by atoms with Crippen LogP contribution in [0.1, 0.15) is 93.5 Å². The summed E-state index contributed by atoms with van der Waals surface area (Å²) in [4.78, 5) is 17.5. The van der Waals surface area contributed by atoms with E-state index in [1.54, 1.807) is 12.1 Å². The number of nitrogens with one attached hydrogen (secondary N) is 1. The lowest BCUT2D eigenvalue weighted by Crippen LogP contribution is -2.53. The minimum atomic E-state index is -4.06. The monoisotopic (exact) mass is 710 g/mol. The number of aliphatic carboxylic acids is 1. The molecule has 1 spiro atoms. The average molecular weight is 711 g/mol. The number of aryl methyl sites for hydroxylation is 1. The fourth-order valence-electron chi connectivity index (χ4n) is 8.60. The van der Waals surface area contributed by atoms with E-state index in [0.717, 1.165) is 43.5 Å². The topological polar surface area (TPSA) is 135 Å². The van der Waals surface area contributed by atoms with Crippen molar-refractivity contribution in [3.05, 3.63) is 82.1 Å². The Labute approximate surface area is 294 Å². The van der Waals surface area contributed by atoms with Gasteiger partial charge >= 0.3 is 5.97 Å². The van der Waals surface area contributed by atoms with Crippen molar-refractivity contribution in [1.29, 1.82) is 0 Å². The highest BCUT2D eigenvalue weighted by molar-refractivity contribution is 7.85. The molecule has 1 heterocycles. The maximum Gasteiger partial charge on any atom is 0.329 e. The van der Waals surface area contributed by atoms with Crippen molar-refractivity contribution < 1.29 is 32.3 Å². The molecule has 0 bridgehead atoms. The van der Waals surface area contributed by atoms with Crippen molar-refractivity contribution in [1.82, 2.24) is 4.98 Å². The highest BCUT2D eigenvalue weighted by Crippen LogP contribution is 2.56. The van der Waals surface area contributed by atoms with E-state index in [0.29, 0.717) is 54.7 Å². The Hall–Kier alpha value is -3.34. The van der Waals surface area contributed by atoms with Gasteiger partial charge in [-0.15, -0.1) is 0 Å². The van der Waals surface area contributed by atoms with Crippen LogP contribution in [0.15, 0.2) is 54.7 Å². The third kappa shape index (κ3) is 7.86. The van der Waals surface area contributed by atoms with Crippen molar-refractivity contribution in [3.8, 4) is 11.5 Å². The first kappa shape index (κ1) is 35.5. The van der Waals surface area contributed by atoms with E-state index < -0.39 is 21.6 Å². The van der Waals surface area contributed by atoms with E-state index in [1.165, 1.54) is 16.7 Å². The van der Waals surface area contributed by atoms with Crippen LogP contribution in [0.4, 0.5) is 5.69 Å². The molecule has 11 heteroatoms. The molecule has 2 aromatic carbocycles. The van der Waals surface area contributed by atoms with Crippen LogP contribution < -0.4 is 14.8 Å². The SMILES string of the molecule is C[C@@H](COc1ccnc2c1[C@H](C)CCC2)CC1Cc2ccc(OCCCS(=O)(=O)O)cc2C12CCC(Nc1cccc(Cl)c1)(C(=O)O)CC2. The van der Waals surface area contributed by atoms with Crippen molar-refractivity contribution >= 4 is 33.4 Å². The summed E-state index contributed by atoms with van der Waals surface area (Å²) in [5, 5.41) is 14.5. The zero-order chi connectivity index (χ0) is 34.8. The first-order chi connectivity index (χ1) is 23.4. The number of carboxylic acid groups (broad SMARTS) is 1. The summed E-state index contributed by atoms with van der Waals surface area (Å²) < 4.78 is 44.0. The Morgan fingerprint density at radius 3 is 2.65 bits per heavy atom. The molecule has 6 rings (SSSR count). The Morgan fingerprint density at radius 1 is 1.12 bits per heavy atom. The van der Waals surface area contributed by atoms with Crippen molar-refractivity contribution in [2.24, 2.45) is 11.8 Å². The summed E-state index contributed by atoms with van der Waals surface area (Å²) in [7, 11) is -4.06. The van der Waals surface area contributed by atoms with Crippen molar-refractivity contribution in [3.63, 3.8) is 0 Å². The molecule has 1 fully saturated rings. The van der Waals surface area contributed by atoms with Gasteiger partial charge in [0.1, 0.15) is 17.0 Å². The van der Waals surface area contributed by atoms with Gasteiger partial charge in [0.2, 0.25) is 0 Å². The lowest BCUT2D eigenvalue weighted by atomic mass is 9.59. The van der Waals surface area contributed by atoms with Crippen LogP contribution in [-0.2, 0) is 33.2 Å². The summed E-state index contributed by atoms with van der Waals surface area (Å²) >= 11 is 6.24. The highest BCUT2D eigenvalue weighted by atomic mass is 35.5. The number of nitrogens with zero attached hydrogens (tertiary/aromatic N) is 1. The molecule has 0 radical (unpaired) electrons. The van der Waals surface area contributed by atoms with Gasteiger partial charge in [-0.1, -0.05) is 37.6 Å². The van der Waals surface area contributed by atoms with Gasteiger partial charge < -0.3 is 19.9 Å². The summed E-state index contributed by atoms with van der Waals surface area (Å²) in [6, 6.07) is 15.3. The molecule has 3 N–H and O–H groups in total. The molecule has 0 saturated heterocycles. The maximum absolute atomic E-state index is 12.9. The van der Waals surface area contributed by atoms with Gasteiger partial charge in [-0.3, -0.25) is 9.54 Å². The first-order valence-electron chi connectivity index (χ1n) is 17.5. The Bertz CT molecular complexity index is 1770. The van der Waals surface area contributed by atoms with E-state index in [1.807, 2.05) is 30.5 Å². The average Bonchev–Trinajstić information content (AvgIpc) is 3.34. The van der Waals surface area contributed by atoms with Crippen LogP contribution in [0.3, 0.4) is 0 Å². The number of hydrogen-bond donors (Lipinski definition) is 3. The molecule has 49 heavy (non-hydrogen) atoms. The summed E-state index contributed by atoms with van der Waals surface area (Å²) in [6.07, 6.45) is 9.37. The van der Waals surface area contributed by atoms with E-state index in [4.69, 9.17) is 25.6 Å². The fourth-order valence-corrected chi connectivity index (χ4v) is 9.27. The molecule has 264 valence electrons. The number of anilines is 1. The smallest absolute Gasteiger partial charge is 0.329 e. The number of benzene rings is 2. The molecule has 1 aromatic heterocycles. The fraction of sp³-hybridized carbons (Fsp3) is 0.526. The summed E-state index contributed by atoms with van der Waals surface area (Å²) in [5.41, 5.74) is 4.14. The number of rotatable bonds is 13. The Kier molecular flexibility index (Phi) is 10.5. The quantitative estimate of drug-likeness (QED) is 0.120. The number of hydrogen-bond acceptors (Lipinski definition) is 7. The predicted octanol–water partition coefficient (Wildman–Crippen LogP) is 7.86. The van der Waals surface area contributed by atoms with E-state index in [-0.39, 0.29) is 36.0 Å². The lowest BCUT2D eigenvalue weighted by molar-refractivity contribution is -0.144. The number of aromatic nitrogens is 1. The van der Waals surface area contributed by atoms with Crippen LogP contribution in [0.2, 0.25) is 5.02 Å². The van der Waals surface area contributed by atoms with E-state index in [2.05, 4.69) is 36.3 Å². The normalized spacial score (nSPS) is 25.3. The molecule has 3 atom stereocenters. The number of ether oxygens (including phenoxy) is 2. The van der Waals surface area contributed by atoms with Gasteiger partial charge in [0.05, 0.1) is 19.0 Å². The van der Waals surface area contributed by atoms with Crippen molar-refractivity contribution in [2.75, 3.05) is 24.3 Å². The number of fused-ring (bicyclic) bond motifs is 3. The van der Waals surface area contributed by atoms with Gasteiger partial charge in [0, 0.05) is 28.2 Å². The molecule has 1 saturated carbocycles. The molecule has 9 nitrogen and oxygen atoms in total. The van der Waals surface area contributed by atoms with E-state index in [9.17, 15) is 18.3 Å². The Morgan fingerprint density at radius 2 is 1.92 bits per heavy atom. The summed E-state index contributed by atoms with van der Waals surface area (Å²) in [6.45, 7) is 5.24. The van der Waals surface area contributed by atoms with Crippen LogP contribution in [0, 0.1) is 11.8 Å². The molecule has 1 unspecified atom stereocenters. The largest absolute Gasteiger partial charge is 0.494 e. The number of halogens is 1. The van der Waals surface area contributed by atoms with Gasteiger partial charge in [-0.05, 0) is 135 Å². The molecule has 3 aliphatic carbocycles. The molecule has 0 aliphatic heterocycles. The number of carboxylic acids is 1. The Balaban J connectivity index is 1.23. The molecule has 0 amide bonds. The van der Waals surface area contributed by atoms with Crippen molar-refractivity contribution in [2.45, 2.75) is 94.9 Å². The lowest BCUT2D eigenvalue weighted by Gasteiger charge is -2.47. The maximum atomic E-state index is 12.9. The van der Waals surface area contributed by atoms with Crippen LogP contribution in [-0.4, -0.2) is 53.5 Å². The molecular formula is C38H47ClN2O7S. The van der Waals surface area contributed by atoms with Gasteiger partial charge in [0.15, 0.2) is 0 Å². The van der Waals surface area contributed by atoms with Crippen LogP contribution >= 0.6 is 11.6 Å². The third-order valence-corrected chi connectivity index (χ3v) is 12.1. The second-order valence-electron chi connectivity index (χ2n) is 14.5. The first-order valence-corrected chi connectivity index (χ1v) is 19.5. The zero-order valence-corrected chi connectivity index (χ0v) is 29.9. The van der Waals surface area contributed by atoms with Crippen LogP contribution in [0.5, 0.6) is 11.5 Å². The molecular weight excluding hydrogens is 664 g/mol. The highest BCUT2D eigenvalue weighted by Gasteiger charge is 2.54. The van der Waals surface area contributed by atoms with Crippen LogP contribution in [0.25, 0.3) is 0 Å².